The first kappa shape index (κ1) is 17.5. The molecule has 1 unspecified atom stereocenters. The quantitative estimate of drug-likeness (QED) is 0.841. The Morgan fingerprint density at radius 3 is 2.32 bits per heavy atom. The standard InChI is InChI=1S/C22H28N2O/c1-22(2,3)18-10-8-17(9-11-18)20-5-4-14-24(20)21(25)15-16-6-12-19(23)13-7-16/h6-13,20H,4-5,14-15,23H2,1-3H3. The highest BCUT2D eigenvalue weighted by atomic mass is 16.2. The third kappa shape index (κ3) is 4.04. The van der Waals surface area contributed by atoms with E-state index in [9.17, 15) is 4.79 Å². The molecule has 3 rings (SSSR count). The Labute approximate surface area is 150 Å². The van der Waals surface area contributed by atoms with Crippen molar-refractivity contribution in [1.82, 2.24) is 4.90 Å². The van der Waals surface area contributed by atoms with Crippen molar-refractivity contribution in [1.29, 1.82) is 0 Å². The van der Waals surface area contributed by atoms with E-state index in [-0.39, 0.29) is 17.4 Å². The molecule has 3 nitrogen and oxygen atoms in total. The zero-order chi connectivity index (χ0) is 18.0. The molecule has 0 aliphatic carbocycles. The fourth-order valence-electron chi connectivity index (χ4n) is 3.53. The summed E-state index contributed by atoms with van der Waals surface area (Å²) in [6.45, 7) is 7.51. The highest BCUT2D eigenvalue weighted by Crippen LogP contribution is 2.33. The minimum absolute atomic E-state index is 0.152. The number of likely N-dealkylation sites (tertiary alicyclic amines) is 1. The van der Waals surface area contributed by atoms with Gasteiger partial charge in [0.25, 0.3) is 0 Å². The van der Waals surface area contributed by atoms with Crippen LogP contribution in [0, 0.1) is 0 Å². The summed E-state index contributed by atoms with van der Waals surface area (Å²) in [4.78, 5) is 14.8. The summed E-state index contributed by atoms with van der Waals surface area (Å²) in [6, 6.07) is 16.6. The number of rotatable bonds is 3. The number of carbonyl (C=O) groups excluding carboxylic acids is 1. The van der Waals surface area contributed by atoms with Crippen LogP contribution in [-0.2, 0) is 16.6 Å². The first-order valence-corrected chi connectivity index (χ1v) is 9.09. The van der Waals surface area contributed by atoms with Crippen molar-refractivity contribution in [3.63, 3.8) is 0 Å². The molecule has 1 saturated heterocycles. The van der Waals surface area contributed by atoms with Gasteiger partial charge in [-0.25, -0.2) is 0 Å². The predicted molar refractivity (Wildman–Crippen MR) is 103 cm³/mol. The number of hydrogen-bond acceptors (Lipinski definition) is 2. The lowest BCUT2D eigenvalue weighted by Crippen LogP contribution is -2.31. The van der Waals surface area contributed by atoms with Crippen molar-refractivity contribution in [3.8, 4) is 0 Å². The second kappa shape index (κ2) is 6.91. The molecule has 132 valence electrons. The average molecular weight is 336 g/mol. The minimum Gasteiger partial charge on any atom is -0.399 e. The molecule has 25 heavy (non-hydrogen) atoms. The van der Waals surface area contributed by atoms with Crippen molar-refractivity contribution in [2.24, 2.45) is 0 Å². The normalized spacial score (nSPS) is 17.7. The molecule has 0 bridgehead atoms. The zero-order valence-corrected chi connectivity index (χ0v) is 15.5. The highest BCUT2D eigenvalue weighted by molar-refractivity contribution is 5.79. The largest absolute Gasteiger partial charge is 0.399 e. The van der Waals surface area contributed by atoms with Gasteiger partial charge in [-0.05, 0) is 47.1 Å². The van der Waals surface area contributed by atoms with Gasteiger partial charge >= 0.3 is 0 Å². The monoisotopic (exact) mass is 336 g/mol. The molecule has 2 aromatic rings. The van der Waals surface area contributed by atoms with Gasteiger partial charge in [0.1, 0.15) is 0 Å². The fraction of sp³-hybridized carbons (Fsp3) is 0.409. The van der Waals surface area contributed by atoms with Crippen LogP contribution in [0.1, 0.15) is 56.3 Å². The lowest BCUT2D eigenvalue weighted by atomic mass is 9.86. The molecule has 3 heteroatoms. The van der Waals surface area contributed by atoms with E-state index in [0.717, 1.165) is 30.6 Å². The number of amides is 1. The molecule has 0 saturated carbocycles. The molecule has 0 aromatic heterocycles. The predicted octanol–water partition coefficient (Wildman–Crippen LogP) is 4.47. The Balaban J connectivity index is 1.73. The second-order valence-electron chi connectivity index (χ2n) is 8.04. The maximum Gasteiger partial charge on any atom is 0.227 e. The highest BCUT2D eigenvalue weighted by Gasteiger charge is 2.30. The van der Waals surface area contributed by atoms with Crippen molar-refractivity contribution in [3.05, 3.63) is 65.2 Å². The summed E-state index contributed by atoms with van der Waals surface area (Å²) in [5.41, 5.74) is 10.2. The third-order valence-electron chi connectivity index (χ3n) is 5.07. The van der Waals surface area contributed by atoms with Crippen LogP contribution in [-0.4, -0.2) is 17.4 Å². The van der Waals surface area contributed by atoms with Crippen LogP contribution >= 0.6 is 0 Å². The molecular formula is C22H28N2O. The molecule has 0 spiro atoms. The Bertz CT molecular complexity index is 726. The van der Waals surface area contributed by atoms with Crippen LogP contribution in [0.5, 0.6) is 0 Å². The molecular weight excluding hydrogens is 308 g/mol. The van der Waals surface area contributed by atoms with E-state index in [2.05, 4.69) is 45.0 Å². The van der Waals surface area contributed by atoms with Crippen molar-refractivity contribution in [2.45, 2.75) is 51.5 Å². The van der Waals surface area contributed by atoms with Crippen LogP contribution < -0.4 is 5.73 Å². The van der Waals surface area contributed by atoms with Crippen LogP contribution in [0.15, 0.2) is 48.5 Å². The second-order valence-corrected chi connectivity index (χ2v) is 8.04. The summed E-state index contributed by atoms with van der Waals surface area (Å²) in [5.74, 6) is 0.201. The summed E-state index contributed by atoms with van der Waals surface area (Å²) in [5, 5.41) is 0. The number of carbonyl (C=O) groups is 1. The van der Waals surface area contributed by atoms with E-state index in [0.29, 0.717) is 6.42 Å². The molecule has 1 aliphatic rings. The SMILES string of the molecule is CC(C)(C)c1ccc(C2CCCN2C(=O)Cc2ccc(N)cc2)cc1. The van der Waals surface area contributed by atoms with Crippen molar-refractivity contribution < 1.29 is 4.79 Å². The van der Waals surface area contributed by atoms with Gasteiger partial charge in [-0.2, -0.15) is 0 Å². The van der Waals surface area contributed by atoms with E-state index in [1.165, 1.54) is 11.1 Å². The summed E-state index contributed by atoms with van der Waals surface area (Å²) < 4.78 is 0. The van der Waals surface area contributed by atoms with Gasteiger partial charge in [0.15, 0.2) is 0 Å². The third-order valence-corrected chi connectivity index (χ3v) is 5.07. The van der Waals surface area contributed by atoms with Gasteiger partial charge in [0, 0.05) is 12.2 Å². The van der Waals surface area contributed by atoms with E-state index in [1.807, 2.05) is 29.2 Å². The van der Waals surface area contributed by atoms with Gasteiger partial charge in [0.05, 0.1) is 12.5 Å². The average Bonchev–Trinajstić information content (AvgIpc) is 3.06. The Kier molecular flexibility index (Phi) is 4.85. The molecule has 1 fully saturated rings. The molecule has 0 radical (unpaired) electrons. The molecule has 2 aromatic carbocycles. The van der Waals surface area contributed by atoms with Crippen molar-refractivity contribution >= 4 is 11.6 Å². The molecule has 2 N–H and O–H groups in total. The van der Waals surface area contributed by atoms with Crippen LogP contribution in [0.3, 0.4) is 0 Å². The minimum atomic E-state index is 0.152. The number of nitrogen functional groups attached to an aromatic ring is 1. The van der Waals surface area contributed by atoms with E-state index in [4.69, 9.17) is 5.73 Å². The van der Waals surface area contributed by atoms with Crippen LogP contribution in [0.25, 0.3) is 0 Å². The molecule has 1 atom stereocenters. The summed E-state index contributed by atoms with van der Waals surface area (Å²) in [7, 11) is 0. The van der Waals surface area contributed by atoms with Gasteiger partial charge < -0.3 is 10.6 Å². The summed E-state index contributed by atoms with van der Waals surface area (Å²) in [6.07, 6.45) is 2.55. The number of benzene rings is 2. The van der Waals surface area contributed by atoms with Crippen LogP contribution in [0.2, 0.25) is 0 Å². The van der Waals surface area contributed by atoms with Crippen LogP contribution in [0.4, 0.5) is 5.69 Å². The van der Waals surface area contributed by atoms with Gasteiger partial charge in [-0.15, -0.1) is 0 Å². The Morgan fingerprint density at radius 2 is 1.72 bits per heavy atom. The fourth-order valence-corrected chi connectivity index (χ4v) is 3.53. The topological polar surface area (TPSA) is 46.3 Å². The Hall–Kier alpha value is -2.29. The van der Waals surface area contributed by atoms with Gasteiger partial charge in [0.2, 0.25) is 5.91 Å². The number of nitrogens with zero attached hydrogens (tertiary/aromatic N) is 1. The van der Waals surface area contributed by atoms with E-state index in [1.54, 1.807) is 0 Å². The maximum atomic E-state index is 12.8. The number of anilines is 1. The number of hydrogen-bond donors (Lipinski definition) is 1. The van der Waals surface area contributed by atoms with E-state index < -0.39 is 0 Å². The lowest BCUT2D eigenvalue weighted by molar-refractivity contribution is -0.131. The molecule has 1 aliphatic heterocycles. The number of nitrogens with two attached hydrogens (primary N) is 1. The van der Waals surface area contributed by atoms with Crippen molar-refractivity contribution in [2.75, 3.05) is 12.3 Å². The zero-order valence-electron chi connectivity index (χ0n) is 15.5. The summed E-state index contributed by atoms with van der Waals surface area (Å²) >= 11 is 0. The van der Waals surface area contributed by atoms with Gasteiger partial charge in [-0.1, -0.05) is 57.2 Å². The molecule has 1 amide bonds. The first-order chi connectivity index (χ1) is 11.8. The lowest BCUT2D eigenvalue weighted by Gasteiger charge is -2.26. The molecule has 1 heterocycles. The Morgan fingerprint density at radius 1 is 1.08 bits per heavy atom. The smallest absolute Gasteiger partial charge is 0.227 e. The maximum absolute atomic E-state index is 12.8. The van der Waals surface area contributed by atoms with E-state index >= 15 is 0 Å². The van der Waals surface area contributed by atoms with Gasteiger partial charge in [-0.3, -0.25) is 4.79 Å². The first-order valence-electron chi connectivity index (χ1n) is 9.09.